The fraction of sp³-hybridized carbons (Fsp3) is 0. The van der Waals surface area contributed by atoms with E-state index in [1.54, 1.807) is 5.38 Å². The molecule has 0 atom stereocenters. The van der Waals surface area contributed by atoms with Gasteiger partial charge in [0.25, 0.3) is 0 Å². The Kier molecular flexibility index (Phi) is 2.54. The molecule has 1 aromatic heterocycles. The van der Waals surface area contributed by atoms with Crippen LogP contribution in [0.4, 0.5) is 0 Å². The third-order valence-corrected chi connectivity index (χ3v) is 3.41. The molecule has 1 aromatic rings. The first-order valence-corrected chi connectivity index (χ1v) is 4.62. The maximum absolute atomic E-state index is 10.4. The third kappa shape index (κ3) is 1.43. The summed E-state index contributed by atoms with van der Waals surface area (Å²) in [5.41, 5.74) is 0.215. The lowest BCUT2D eigenvalue weighted by atomic mass is 10.3. The van der Waals surface area contributed by atoms with Gasteiger partial charge in [-0.25, -0.2) is 4.79 Å². The van der Waals surface area contributed by atoms with Crippen LogP contribution in [0.5, 0.6) is 0 Å². The second-order valence-electron chi connectivity index (χ2n) is 1.54. The fourth-order valence-electron chi connectivity index (χ4n) is 0.501. The summed E-state index contributed by atoms with van der Waals surface area (Å²) in [6.07, 6.45) is 0. The van der Waals surface area contributed by atoms with Gasteiger partial charge in [-0.05, 0) is 22.6 Å². The summed E-state index contributed by atoms with van der Waals surface area (Å²) in [5, 5.41) is 10.5. The predicted molar refractivity (Wildman–Crippen MR) is 49.0 cm³/mol. The molecule has 0 unspecified atom stereocenters. The molecule has 0 saturated heterocycles. The molecule has 1 heterocycles. The van der Waals surface area contributed by atoms with Crippen LogP contribution in [0, 0.1) is 2.88 Å². The van der Waals surface area contributed by atoms with Crippen LogP contribution in [-0.2, 0) is 0 Å². The van der Waals surface area contributed by atoms with Crippen LogP contribution in [0.15, 0.2) is 5.38 Å². The van der Waals surface area contributed by atoms with Crippen LogP contribution >= 0.6 is 45.5 Å². The fourth-order valence-corrected chi connectivity index (χ4v) is 2.57. The SMILES string of the molecule is O=C(O)c1c(Cl)csc1I. The van der Waals surface area contributed by atoms with Gasteiger partial charge in [0.05, 0.1) is 7.91 Å². The second-order valence-corrected chi connectivity index (χ2v) is 4.64. The molecule has 0 aliphatic carbocycles. The first-order chi connectivity index (χ1) is 4.63. The summed E-state index contributed by atoms with van der Waals surface area (Å²) >= 11 is 8.85. The summed E-state index contributed by atoms with van der Waals surface area (Å²) < 4.78 is 0.718. The van der Waals surface area contributed by atoms with Crippen molar-refractivity contribution < 1.29 is 9.90 Å². The predicted octanol–water partition coefficient (Wildman–Crippen LogP) is 2.70. The van der Waals surface area contributed by atoms with Crippen molar-refractivity contribution in [3.8, 4) is 0 Å². The monoisotopic (exact) mass is 288 g/mol. The molecule has 0 bridgehead atoms. The molecule has 0 amide bonds. The van der Waals surface area contributed by atoms with Gasteiger partial charge >= 0.3 is 5.97 Å². The minimum absolute atomic E-state index is 0.215. The lowest BCUT2D eigenvalue weighted by Gasteiger charge is -1.88. The Balaban J connectivity index is 3.23. The highest BCUT2D eigenvalue weighted by molar-refractivity contribution is 14.1. The van der Waals surface area contributed by atoms with Gasteiger partial charge in [-0.15, -0.1) is 11.3 Å². The lowest BCUT2D eigenvalue weighted by molar-refractivity contribution is 0.0696. The Bertz CT molecular complexity index is 251. The minimum Gasteiger partial charge on any atom is -0.478 e. The Morgan fingerprint density at radius 2 is 2.40 bits per heavy atom. The average Bonchev–Trinajstić information content (AvgIpc) is 2.11. The van der Waals surface area contributed by atoms with Gasteiger partial charge in [-0.2, -0.15) is 0 Å². The van der Waals surface area contributed by atoms with E-state index in [1.807, 2.05) is 22.6 Å². The zero-order valence-electron chi connectivity index (χ0n) is 4.60. The molecule has 10 heavy (non-hydrogen) atoms. The molecule has 1 rings (SSSR count). The van der Waals surface area contributed by atoms with Crippen molar-refractivity contribution in [3.63, 3.8) is 0 Å². The summed E-state index contributed by atoms with van der Waals surface area (Å²) in [6.45, 7) is 0. The van der Waals surface area contributed by atoms with Crippen molar-refractivity contribution in [3.05, 3.63) is 18.9 Å². The average molecular weight is 288 g/mol. The van der Waals surface area contributed by atoms with E-state index >= 15 is 0 Å². The van der Waals surface area contributed by atoms with Gasteiger partial charge in [0.2, 0.25) is 0 Å². The maximum Gasteiger partial charge on any atom is 0.339 e. The highest BCUT2D eigenvalue weighted by atomic mass is 127. The van der Waals surface area contributed by atoms with Crippen LogP contribution in [0.3, 0.4) is 0 Å². The van der Waals surface area contributed by atoms with E-state index in [9.17, 15) is 4.79 Å². The smallest absolute Gasteiger partial charge is 0.339 e. The first kappa shape index (κ1) is 8.29. The number of rotatable bonds is 1. The number of carboxylic acids is 1. The number of thiophene rings is 1. The van der Waals surface area contributed by atoms with Crippen molar-refractivity contribution in [1.29, 1.82) is 0 Å². The van der Waals surface area contributed by atoms with Crippen molar-refractivity contribution >= 4 is 51.5 Å². The quantitative estimate of drug-likeness (QED) is 0.807. The topological polar surface area (TPSA) is 37.3 Å². The van der Waals surface area contributed by atoms with E-state index in [2.05, 4.69) is 0 Å². The van der Waals surface area contributed by atoms with Crippen LogP contribution in [0.1, 0.15) is 10.4 Å². The molecular weight excluding hydrogens is 286 g/mol. The molecule has 0 radical (unpaired) electrons. The molecule has 0 fully saturated rings. The van der Waals surface area contributed by atoms with Crippen LogP contribution in [0.25, 0.3) is 0 Å². The Hall–Kier alpha value is 0.190. The first-order valence-electron chi connectivity index (χ1n) is 2.28. The Morgan fingerprint density at radius 3 is 2.60 bits per heavy atom. The molecule has 0 saturated carbocycles. The third-order valence-electron chi connectivity index (χ3n) is 0.915. The van der Waals surface area contributed by atoms with Gasteiger partial charge in [0.1, 0.15) is 5.56 Å². The number of hydrogen-bond acceptors (Lipinski definition) is 2. The second kappa shape index (κ2) is 3.06. The zero-order chi connectivity index (χ0) is 7.72. The minimum atomic E-state index is -0.962. The van der Waals surface area contributed by atoms with Gasteiger partial charge in [0.15, 0.2) is 0 Å². The Morgan fingerprint density at radius 1 is 1.80 bits per heavy atom. The zero-order valence-corrected chi connectivity index (χ0v) is 8.33. The van der Waals surface area contributed by atoms with Crippen molar-refractivity contribution in [2.24, 2.45) is 0 Å². The number of carbonyl (C=O) groups is 1. The van der Waals surface area contributed by atoms with Gasteiger partial charge in [0, 0.05) is 5.38 Å². The number of aromatic carboxylic acids is 1. The van der Waals surface area contributed by atoms with Crippen LogP contribution in [-0.4, -0.2) is 11.1 Å². The van der Waals surface area contributed by atoms with E-state index < -0.39 is 5.97 Å². The van der Waals surface area contributed by atoms with Gasteiger partial charge < -0.3 is 5.11 Å². The van der Waals surface area contributed by atoms with E-state index in [1.165, 1.54) is 11.3 Å². The van der Waals surface area contributed by atoms with Crippen molar-refractivity contribution in [2.75, 3.05) is 0 Å². The highest BCUT2D eigenvalue weighted by Crippen LogP contribution is 2.27. The molecule has 2 nitrogen and oxygen atoms in total. The van der Waals surface area contributed by atoms with Crippen molar-refractivity contribution in [2.45, 2.75) is 0 Å². The van der Waals surface area contributed by atoms with E-state index in [4.69, 9.17) is 16.7 Å². The summed E-state index contributed by atoms with van der Waals surface area (Å²) in [6, 6.07) is 0. The molecular formula is C5H2ClIO2S. The lowest BCUT2D eigenvalue weighted by Crippen LogP contribution is -1.95. The van der Waals surface area contributed by atoms with Gasteiger partial charge in [-0.1, -0.05) is 11.6 Å². The molecule has 0 aromatic carbocycles. The Labute approximate surface area is 80.0 Å². The molecule has 1 N–H and O–H groups in total. The normalized spacial score (nSPS) is 9.80. The standard InChI is InChI=1S/C5H2ClIO2S/c6-2-1-10-4(7)3(2)5(8)9/h1H,(H,8,9). The summed E-state index contributed by atoms with van der Waals surface area (Å²) in [4.78, 5) is 10.4. The molecule has 0 spiro atoms. The van der Waals surface area contributed by atoms with Gasteiger partial charge in [-0.3, -0.25) is 0 Å². The number of halogens is 2. The van der Waals surface area contributed by atoms with Crippen molar-refractivity contribution in [1.82, 2.24) is 0 Å². The van der Waals surface area contributed by atoms with Crippen LogP contribution < -0.4 is 0 Å². The van der Waals surface area contributed by atoms with Crippen LogP contribution in [0.2, 0.25) is 5.02 Å². The molecule has 0 aliphatic heterocycles. The summed E-state index contributed by atoms with van der Waals surface area (Å²) in [7, 11) is 0. The number of carboxylic acid groups (broad SMARTS) is 1. The van der Waals surface area contributed by atoms with E-state index in [0.717, 1.165) is 2.88 Å². The molecule has 54 valence electrons. The van der Waals surface area contributed by atoms with E-state index in [0.29, 0.717) is 5.02 Å². The largest absolute Gasteiger partial charge is 0.478 e. The summed E-state index contributed by atoms with van der Waals surface area (Å²) in [5.74, 6) is -0.962. The highest BCUT2D eigenvalue weighted by Gasteiger charge is 2.14. The molecule has 5 heteroatoms. The maximum atomic E-state index is 10.4. The van der Waals surface area contributed by atoms with E-state index in [-0.39, 0.29) is 5.56 Å². The number of hydrogen-bond donors (Lipinski definition) is 1. The molecule has 0 aliphatic rings.